The summed E-state index contributed by atoms with van der Waals surface area (Å²) < 4.78 is 1.99. The van der Waals surface area contributed by atoms with Crippen LogP contribution in [-0.2, 0) is 13.6 Å². The molecular formula is C17H24N4. The van der Waals surface area contributed by atoms with Crippen LogP contribution in [0.25, 0.3) is 0 Å². The number of hydrogen-bond donors (Lipinski definition) is 1. The number of benzene rings is 1. The van der Waals surface area contributed by atoms with Gasteiger partial charge in [0.05, 0.1) is 11.7 Å². The van der Waals surface area contributed by atoms with E-state index in [0.29, 0.717) is 6.04 Å². The SMILES string of the molecule is Cc1nn(C)c(C)c1C(C)N1CCNCc2ccccc21. The number of anilines is 1. The van der Waals surface area contributed by atoms with Crippen LogP contribution in [0.3, 0.4) is 0 Å². The minimum absolute atomic E-state index is 0.333. The van der Waals surface area contributed by atoms with E-state index in [1.54, 1.807) is 0 Å². The van der Waals surface area contributed by atoms with Crippen molar-refractivity contribution in [2.75, 3.05) is 18.0 Å². The van der Waals surface area contributed by atoms with Crippen molar-refractivity contribution in [3.05, 3.63) is 46.8 Å². The molecule has 0 saturated heterocycles. The number of hydrogen-bond acceptors (Lipinski definition) is 3. The van der Waals surface area contributed by atoms with Crippen molar-refractivity contribution >= 4 is 5.69 Å². The summed E-state index contributed by atoms with van der Waals surface area (Å²) in [5.74, 6) is 0. The third-order valence-corrected chi connectivity index (χ3v) is 4.60. The number of nitrogens with one attached hydrogen (secondary N) is 1. The zero-order valence-electron chi connectivity index (χ0n) is 13.3. The van der Waals surface area contributed by atoms with Crippen LogP contribution in [0.5, 0.6) is 0 Å². The molecule has 112 valence electrons. The van der Waals surface area contributed by atoms with Gasteiger partial charge in [-0.3, -0.25) is 4.68 Å². The van der Waals surface area contributed by atoms with E-state index in [2.05, 4.69) is 60.4 Å². The molecule has 3 rings (SSSR count). The second kappa shape index (κ2) is 5.53. The largest absolute Gasteiger partial charge is 0.363 e. The molecule has 1 aliphatic heterocycles. The number of fused-ring (bicyclic) bond motifs is 1. The van der Waals surface area contributed by atoms with Gasteiger partial charge in [0.25, 0.3) is 0 Å². The molecule has 0 fully saturated rings. The van der Waals surface area contributed by atoms with Crippen LogP contribution < -0.4 is 10.2 Å². The van der Waals surface area contributed by atoms with Gasteiger partial charge in [0.1, 0.15) is 0 Å². The van der Waals surface area contributed by atoms with Crippen LogP contribution >= 0.6 is 0 Å². The third kappa shape index (κ3) is 2.44. The van der Waals surface area contributed by atoms with Gasteiger partial charge in [-0.25, -0.2) is 0 Å². The topological polar surface area (TPSA) is 33.1 Å². The van der Waals surface area contributed by atoms with Crippen LogP contribution in [0.15, 0.2) is 24.3 Å². The van der Waals surface area contributed by atoms with Crippen LogP contribution in [-0.4, -0.2) is 22.9 Å². The maximum absolute atomic E-state index is 4.58. The van der Waals surface area contributed by atoms with Gasteiger partial charge in [-0.2, -0.15) is 5.10 Å². The van der Waals surface area contributed by atoms with E-state index in [4.69, 9.17) is 0 Å². The molecular weight excluding hydrogens is 260 g/mol. The highest BCUT2D eigenvalue weighted by atomic mass is 15.3. The summed E-state index contributed by atoms with van der Waals surface area (Å²) in [4.78, 5) is 2.51. The first-order valence-electron chi connectivity index (χ1n) is 7.65. The number of aromatic nitrogens is 2. The lowest BCUT2D eigenvalue weighted by Crippen LogP contribution is -2.31. The van der Waals surface area contributed by atoms with Gasteiger partial charge in [0.15, 0.2) is 0 Å². The Kier molecular flexibility index (Phi) is 3.72. The Labute approximate surface area is 126 Å². The van der Waals surface area contributed by atoms with Gasteiger partial charge < -0.3 is 10.2 Å². The molecule has 0 aliphatic carbocycles. The van der Waals surface area contributed by atoms with Crippen LogP contribution in [0.2, 0.25) is 0 Å². The van der Waals surface area contributed by atoms with Crippen LogP contribution in [0.4, 0.5) is 5.69 Å². The molecule has 1 atom stereocenters. The average molecular weight is 284 g/mol. The highest BCUT2D eigenvalue weighted by Gasteiger charge is 2.25. The van der Waals surface area contributed by atoms with Gasteiger partial charge >= 0.3 is 0 Å². The van der Waals surface area contributed by atoms with Crippen molar-refractivity contribution in [3.8, 4) is 0 Å². The van der Waals surface area contributed by atoms with E-state index >= 15 is 0 Å². The van der Waals surface area contributed by atoms with E-state index in [9.17, 15) is 0 Å². The molecule has 0 spiro atoms. The number of aryl methyl sites for hydroxylation is 2. The molecule has 0 bridgehead atoms. The van der Waals surface area contributed by atoms with E-state index < -0.39 is 0 Å². The van der Waals surface area contributed by atoms with Gasteiger partial charge in [-0.15, -0.1) is 0 Å². The minimum Gasteiger partial charge on any atom is -0.363 e. The molecule has 0 saturated carbocycles. The monoisotopic (exact) mass is 284 g/mol. The first-order chi connectivity index (χ1) is 10.1. The maximum atomic E-state index is 4.58. The fraction of sp³-hybridized carbons (Fsp3) is 0.471. The highest BCUT2D eigenvalue weighted by molar-refractivity contribution is 5.56. The fourth-order valence-electron chi connectivity index (χ4n) is 3.44. The van der Waals surface area contributed by atoms with Crippen LogP contribution in [0, 0.1) is 13.8 Å². The maximum Gasteiger partial charge on any atom is 0.0649 e. The fourth-order valence-corrected chi connectivity index (χ4v) is 3.44. The molecule has 2 heterocycles. The van der Waals surface area contributed by atoms with E-state index in [0.717, 1.165) is 25.3 Å². The molecule has 1 aromatic carbocycles. The summed E-state index contributed by atoms with van der Waals surface area (Å²) in [6.07, 6.45) is 0. The molecule has 1 unspecified atom stereocenters. The van der Waals surface area contributed by atoms with E-state index in [1.165, 1.54) is 22.5 Å². The summed E-state index contributed by atoms with van der Waals surface area (Å²) in [5.41, 5.74) is 6.47. The quantitative estimate of drug-likeness (QED) is 0.920. The lowest BCUT2D eigenvalue weighted by atomic mass is 10.0. The van der Waals surface area contributed by atoms with Crippen molar-refractivity contribution < 1.29 is 0 Å². The Balaban J connectivity index is 2.03. The molecule has 1 aliphatic rings. The Morgan fingerprint density at radius 3 is 2.71 bits per heavy atom. The minimum atomic E-state index is 0.333. The molecule has 4 nitrogen and oxygen atoms in total. The number of nitrogens with zero attached hydrogens (tertiary/aromatic N) is 3. The zero-order chi connectivity index (χ0) is 15.0. The van der Waals surface area contributed by atoms with Crippen molar-refractivity contribution in [1.29, 1.82) is 0 Å². The zero-order valence-corrected chi connectivity index (χ0v) is 13.3. The smallest absolute Gasteiger partial charge is 0.0649 e. The van der Waals surface area contributed by atoms with Crippen molar-refractivity contribution in [2.24, 2.45) is 7.05 Å². The highest BCUT2D eigenvalue weighted by Crippen LogP contribution is 2.33. The van der Waals surface area contributed by atoms with E-state index in [-0.39, 0.29) is 0 Å². The normalized spacial score (nSPS) is 16.5. The van der Waals surface area contributed by atoms with Gasteiger partial charge in [-0.1, -0.05) is 18.2 Å². The Bertz CT molecular complexity index is 644. The van der Waals surface area contributed by atoms with Gasteiger partial charge in [0, 0.05) is 43.6 Å². The Hall–Kier alpha value is -1.81. The van der Waals surface area contributed by atoms with Crippen molar-refractivity contribution in [2.45, 2.75) is 33.4 Å². The molecule has 1 N–H and O–H groups in total. The number of para-hydroxylation sites is 1. The second-order valence-corrected chi connectivity index (χ2v) is 5.88. The first kappa shape index (κ1) is 14.1. The standard InChI is InChI=1S/C17H24N4/c1-12-17(13(2)20(4)19-12)14(3)21-10-9-18-11-15-7-5-6-8-16(15)21/h5-8,14,18H,9-11H2,1-4H3. The Morgan fingerprint density at radius 2 is 2.00 bits per heavy atom. The predicted octanol–water partition coefficient (Wildman–Crippen LogP) is 2.71. The summed E-state index contributed by atoms with van der Waals surface area (Å²) in [7, 11) is 2.02. The second-order valence-electron chi connectivity index (χ2n) is 5.88. The van der Waals surface area contributed by atoms with E-state index in [1.807, 2.05) is 11.7 Å². The third-order valence-electron chi connectivity index (χ3n) is 4.60. The van der Waals surface area contributed by atoms with Crippen molar-refractivity contribution in [3.63, 3.8) is 0 Å². The molecule has 0 amide bonds. The predicted molar refractivity (Wildman–Crippen MR) is 86.6 cm³/mol. The van der Waals surface area contributed by atoms with Gasteiger partial charge in [0.2, 0.25) is 0 Å². The lowest BCUT2D eigenvalue weighted by molar-refractivity contribution is 0.633. The average Bonchev–Trinajstić information content (AvgIpc) is 2.66. The summed E-state index contributed by atoms with van der Waals surface area (Å²) in [6, 6.07) is 9.04. The number of rotatable bonds is 2. The molecule has 21 heavy (non-hydrogen) atoms. The summed E-state index contributed by atoms with van der Waals surface area (Å²) >= 11 is 0. The molecule has 2 aromatic rings. The lowest BCUT2D eigenvalue weighted by Gasteiger charge is -2.31. The summed E-state index contributed by atoms with van der Waals surface area (Å²) in [5, 5.41) is 8.09. The molecule has 0 radical (unpaired) electrons. The summed E-state index contributed by atoms with van der Waals surface area (Å²) in [6.45, 7) is 9.54. The molecule has 1 aromatic heterocycles. The first-order valence-corrected chi connectivity index (χ1v) is 7.65. The Morgan fingerprint density at radius 1 is 1.24 bits per heavy atom. The van der Waals surface area contributed by atoms with Crippen molar-refractivity contribution in [1.82, 2.24) is 15.1 Å². The van der Waals surface area contributed by atoms with Crippen LogP contribution in [0.1, 0.15) is 35.5 Å². The van der Waals surface area contributed by atoms with Gasteiger partial charge in [-0.05, 0) is 32.4 Å². The molecule has 4 heteroatoms.